The van der Waals surface area contributed by atoms with E-state index >= 15 is 0 Å². The van der Waals surface area contributed by atoms with E-state index in [1.807, 2.05) is 24.0 Å². The van der Waals surface area contributed by atoms with Gasteiger partial charge in [-0.05, 0) is 30.7 Å². The Kier molecular flexibility index (Phi) is 13.7. The summed E-state index contributed by atoms with van der Waals surface area (Å²) in [6.07, 6.45) is 0.720. The van der Waals surface area contributed by atoms with Gasteiger partial charge in [0.05, 0.1) is 31.2 Å². The van der Waals surface area contributed by atoms with Crippen molar-refractivity contribution in [3.63, 3.8) is 0 Å². The number of aliphatic carboxylic acids is 3. The van der Waals surface area contributed by atoms with Crippen molar-refractivity contribution in [1.29, 1.82) is 0 Å². The van der Waals surface area contributed by atoms with Crippen molar-refractivity contribution in [3.8, 4) is 0 Å². The Balaban J connectivity index is 2.09. The monoisotopic (exact) mass is 566 g/mol. The molecule has 0 aliphatic carbocycles. The molecule has 2 rings (SSSR count). The van der Waals surface area contributed by atoms with E-state index in [1.54, 1.807) is 26.8 Å². The summed E-state index contributed by atoms with van der Waals surface area (Å²) < 4.78 is 0. The lowest BCUT2D eigenvalue weighted by Gasteiger charge is -2.32. The van der Waals surface area contributed by atoms with Crippen LogP contribution >= 0.6 is 12.2 Å². The molecule has 0 unspecified atom stereocenters. The van der Waals surface area contributed by atoms with Crippen LogP contribution in [0.2, 0.25) is 0 Å². The molecular weight excluding hydrogens is 528 g/mol. The van der Waals surface area contributed by atoms with Gasteiger partial charge in [-0.25, -0.2) is 0 Å². The van der Waals surface area contributed by atoms with Gasteiger partial charge in [0, 0.05) is 63.7 Å². The maximum atomic E-state index is 12.9. The fourth-order valence-electron chi connectivity index (χ4n) is 4.07. The smallest absolute Gasteiger partial charge is 0.317 e. The maximum Gasteiger partial charge on any atom is 0.317 e. The molecular formula is C25H38N6O7S. The van der Waals surface area contributed by atoms with Gasteiger partial charge < -0.3 is 26.0 Å². The minimum absolute atomic E-state index is 0.0346. The van der Waals surface area contributed by atoms with Crippen molar-refractivity contribution in [2.24, 2.45) is 0 Å². The van der Waals surface area contributed by atoms with Crippen LogP contribution in [0.3, 0.4) is 0 Å². The zero-order chi connectivity index (χ0) is 28.8. The second-order valence-corrected chi connectivity index (χ2v) is 9.81. The summed E-state index contributed by atoms with van der Waals surface area (Å²) in [6, 6.07) is 7.16. The molecule has 1 aromatic carbocycles. The normalized spacial score (nSPS) is 16.9. The molecule has 1 saturated heterocycles. The van der Waals surface area contributed by atoms with Crippen molar-refractivity contribution >= 4 is 52.4 Å². The van der Waals surface area contributed by atoms with Crippen molar-refractivity contribution in [1.82, 2.24) is 19.6 Å². The number of carboxylic acid groups (broad SMARTS) is 3. The minimum Gasteiger partial charge on any atom is -0.480 e. The first kappa shape index (κ1) is 32.0. The van der Waals surface area contributed by atoms with E-state index in [2.05, 4.69) is 10.6 Å². The SMILES string of the molecule is CCC(=S)Nc1ccc(NC(=O)CN2CCN(CC(=O)O)CCN(CC(=O)O)CCN(CC(=O)O)CC2)cc1. The fraction of sp³-hybridized carbons (Fsp3) is 0.560. The highest BCUT2D eigenvalue weighted by molar-refractivity contribution is 7.80. The summed E-state index contributed by atoms with van der Waals surface area (Å²) in [4.78, 5) is 54.7. The Bertz CT molecular complexity index is 962. The lowest BCUT2D eigenvalue weighted by molar-refractivity contribution is -0.140. The van der Waals surface area contributed by atoms with Crippen LogP contribution in [0.1, 0.15) is 13.3 Å². The Morgan fingerprint density at radius 1 is 0.641 bits per heavy atom. The molecule has 13 nitrogen and oxygen atoms in total. The Morgan fingerprint density at radius 2 is 0.949 bits per heavy atom. The molecule has 1 amide bonds. The summed E-state index contributed by atoms with van der Waals surface area (Å²) in [6.45, 7) is 4.04. The third-order valence-electron chi connectivity index (χ3n) is 6.15. The number of benzene rings is 1. The van der Waals surface area contributed by atoms with Gasteiger partial charge in [0.15, 0.2) is 0 Å². The number of nitrogens with one attached hydrogen (secondary N) is 2. The number of amides is 1. The summed E-state index contributed by atoms with van der Waals surface area (Å²) in [5, 5.41) is 33.9. The molecule has 216 valence electrons. The highest BCUT2D eigenvalue weighted by Gasteiger charge is 2.21. The highest BCUT2D eigenvalue weighted by atomic mass is 32.1. The number of nitrogens with zero attached hydrogens (tertiary/aromatic N) is 4. The van der Waals surface area contributed by atoms with Crippen LogP contribution in [0.5, 0.6) is 0 Å². The highest BCUT2D eigenvalue weighted by Crippen LogP contribution is 2.14. The zero-order valence-corrected chi connectivity index (χ0v) is 23.0. The molecule has 1 aliphatic heterocycles. The Hall–Kier alpha value is -3.17. The summed E-state index contributed by atoms with van der Waals surface area (Å²) in [7, 11) is 0. The topological polar surface area (TPSA) is 166 Å². The molecule has 1 aliphatic rings. The molecule has 1 aromatic rings. The van der Waals surface area contributed by atoms with E-state index in [0.29, 0.717) is 63.0 Å². The van der Waals surface area contributed by atoms with E-state index in [0.717, 1.165) is 12.1 Å². The van der Waals surface area contributed by atoms with Crippen LogP contribution in [0.25, 0.3) is 0 Å². The summed E-state index contributed by atoms with van der Waals surface area (Å²) in [5.41, 5.74) is 1.43. The molecule has 1 heterocycles. The number of hydrogen-bond donors (Lipinski definition) is 5. The molecule has 0 atom stereocenters. The van der Waals surface area contributed by atoms with E-state index in [-0.39, 0.29) is 32.1 Å². The fourth-order valence-corrected chi connectivity index (χ4v) is 4.19. The van der Waals surface area contributed by atoms with Crippen LogP contribution in [0.15, 0.2) is 24.3 Å². The third-order valence-corrected chi connectivity index (χ3v) is 6.54. The van der Waals surface area contributed by atoms with Gasteiger partial charge in [0.1, 0.15) is 0 Å². The second-order valence-electron chi connectivity index (χ2n) is 9.31. The lowest BCUT2D eigenvalue weighted by atomic mass is 10.2. The van der Waals surface area contributed by atoms with Crippen LogP contribution < -0.4 is 10.6 Å². The molecule has 1 fully saturated rings. The summed E-state index contributed by atoms with van der Waals surface area (Å²) >= 11 is 5.19. The van der Waals surface area contributed by atoms with E-state index in [4.69, 9.17) is 12.2 Å². The predicted octanol–water partition coefficient (Wildman–Crippen LogP) is 0.250. The first-order valence-electron chi connectivity index (χ1n) is 12.8. The zero-order valence-electron chi connectivity index (χ0n) is 22.2. The van der Waals surface area contributed by atoms with Gasteiger partial charge in [-0.15, -0.1) is 0 Å². The predicted molar refractivity (Wildman–Crippen MR) is 150 cm³/mol. The van der Waals surface area contributed by atoms with Crippen LogP contribution in [0, 0.1) is 0 Å². The van der Waals surface area contributed by atoms with Gasteiger partial charge in [0.25, 0.3) is 0 Å². The maximum absolute atomic E-state index is 12.9. The molecule has 14 heteroatoms. The van der Waals surface area contributed by atoms with Crippen LogP contribution in [-0.4, -0.2) is 142 Å². The first-order valence-corrected chi connectivity index (χ1v) is 13.2. The number of thiocarbonyl (C=S) groups is 1. The number of carbonyl (C=O) groups is 4. The number of rotatable bonds is 11. The van der Waals surface area contributed by atoms with Crippen molar-refractivity contribution in [2.75, 3.05) is 89.2 Å². The minimum atomic E-state index is -1.01. The van der Waals surface area contributed by atoms with Gasteiger partial charge in [-0.2, -0.15) is 0 Å². The number of carbonyl (C=O) groups excluding carboxylic acids is 1. The molecule has 0 bridgehead atoms. The van der Waals surface area contributed by atoms with Crippen LogP contribution in [0.4, 0.5) is 11.4 Å². The molecule has 0 aromatic heterocycles. The van der Waals surface area contributed by atoms with Crippen molar-refractivity contribution in [3.05, 3.63) is 24.3 Å². The van der Waals surface area contributed by atoms with E-state index in [1.165, 1.54) is 0 Å². The largest absolute Gasteiger partial charge is 0.480 e. The molecule has 39 heavy (non-hydrogen) atoms. The van der Waals surface area contributed by atoms with Crippen molar-refractivity contribution < 1.29 is 34.5 Å². The standard InChI is InChI=1S/C25H38N6O7S/c1-2-22(39)27-20-5-3-19(4-6-20)26-21(32)15-28-7-9-29(16-23(33)34)11-13-31(18-25(37)38)14-12-30(10-8-28)17-24(35)36/h3-6H,2,7-18H2,1H3,(H,26,32)(H,27,39)(H,33,34)(H,35,36)(H,37,38). The van der Waals surface area contributed by atoms with Gasteiger partial charge in [-0.1, -0.05) is 19.1 Å². The number of carboxylic acids is 3. The Morgan fingerprint density at radius 3 is 1.26 bits per heavy atom. The molecule has 0 saturated carbocycles. The van der Waals surface area contributed by atoms with E-state index in [9.17, 15) is 34.5 Å². The summed E-state index contributed by atoms with van der Waals surface area (Å²) in [5.74, 6) is -3.26. The number of hydrogen-bond acceptors (Lipinski definition) is 9. The third kappa shape index (κ3) is 13.5. The average molecular weight is 567 g/mol. The second kappa shape index (κ2) is 16.7. The molecule has 5 N–H and O–H groups in total. The quantitative estimate of drug-likeness (QED) is 0.232. The van der Waals surface area contributed by atoms with Crippen LogP contribution in [-0.2, 0) is 19.2 Å². The molecule has 0 spiro atoms. The van der Waals surface area contributed by atoms with Gasteiger partial charge in [0.2, 0.25) is 5.91 Å². The lowest BCUT2D eigenvalue weighted by Crippen LogP contribution is -2.49. The number of anilines is 2. The van der Waals surface area contributed by atoms with Gasteiger partial charge >= 0.3 is 17.9 Å². The van der Waals surface area contributed by atoms with E-state index < -0.39 is 17.9 Å². The Labute approximate surface area is 233 Å². The first-order chi connectivity index (χ1) is 18.5. The molecule has 0 radical (unpaired) electrons. The van der Waals surface area contributed by atoms with Crippen molar-refractivity contribution in [2.45, 2.75) is 13.3 Å². The van der Waals surface area contributed by atoms with Gasteiger partial charge in [-0.3, -0.25) is 38.8 Å². The average Bonchev–Trinajstić information content (AvgIpc) is 2.85.